The molecule has 0 unspecified atom stereocenters. The second kappa shape index (κ2) is 6.99. The SMILES string of the molecule is COc1cccc(C(=O)Nc2ccc(F)c(F)c2)c1OC(F)F. The fourth-order valence-corrected chi connectivity index (χ4v) is 1.84. The number of hydrogen-bond donors (Lipinski definition) is 1. The maximum atomic E-state index is 13.1. The number of methoxy groups -OCH3 is 1. The third kappa shape index (κ3) is 3.91. The number of ether oxygens (including phenoxy) is 2. The van der Waals surface area contributed by atoms with Crippen LogP contribution in [0.3, 0.4) is 0 Å². The third-order valence-electron chi connectivity index (χ3n) is 2.83. The molecule has 2 aromatic rings. The molecule has 0 saturated carbocycles. The van der Waals surface area contributed by atoms with Crippen molar-refractivity contribution >= 4 is 11.6 Å². The lowest BCUT2D eigenvalue weighted by atomic mass is 10.1. The molecule has 8 heteroatoms. The van der Waals surface area contributed by atoms with Gasteiger partial charge in [-0.15, -0.1) is 0 Å². The number of nitrogens with one attached hydrogen (secondary N) is 1. The summed E-state index contributed by atoms with van der Waals surface area (Å²) < 4.78 is 60.2. The molecule has 2 aromatic carbocycles. The van der Waals surface area contributed by atoms with Crippen molar-refractivity contribution in [3.63, 3.8) is 0 Å². The molecule has 23 heavy (non-hydrogen) atoms. The molecular formula is C15H11F4NO3. The molecule has 0 aliphatic rings. The van der Waals surface area contributed by atoms with Gasteiger partial charge in [0.2, 0.25) is 0 Å². The van der Waals surface area contributed by atoms with Gasteiger partial charge in [0.1, 0.15) is 0 Å². The molecule has 0 radical (unpaired) electrons. The molecule has 0 heterocycles. The van der Waals surface area contributed by atoms with Crippen molar-refractivity contribution in [3.05, 3.63) is 53.6 Å². The van der Waals surface area contributed by atoms with E-state index in [1.165, 1.54) is 25.3 Å². The summed E-state index contributed by atoms with van der Waals surface area (Å²) in [5.74, 6) is -3.59. The van der Waals surface area contributed by atoms with Crippen LogP contribution in [0.1, 0.15) is 10.4 Å². The van der Waals surface area contributed by atoms with E-state index in [9.17, 15) is 22.4 Å². The first kappa shape index (κ1) is 16.6. The summed E-state index contributed by atoms with van der Waals surface area (Å²) in [6.45, 7) is -3.17. The van der Waals surface area contributed by atoms with Gasteiger partial charge in [-0.05, 0) is 24.3 Å². The van der Waals surface area contributed by atoms with Crippen LogP contribution in [-0.4, -0.2) is 19.6 Å². The summed E-state index contributed by atoms with van der Waals surface area (Å²) in [6.07, 6.45) is 0. The second-order valence-corrected chi connectivity index (χ2v) is 4.30. The van der Waals surface area contributed by atoms with Crippen LogP contribution in [0.5, 0.6) is 11.5 Å². The van der Waals surface area contributed by atoms with Crippen LogP contribution in [0.15, 0.2) is 36.4 Å². The minimum Gasteiger partial charge on any atom is -0.493 e. The fraction of sp³-hybridized carbons (Fsp3) is 0.133. The van der Waals surface area contributed by atoms with Crippen molar-refractivity contribution in [3.8, 4) is 11.5 Å². The molecule has 0 aliphatic heterocycles. The van der Waals surface area contributed by atoms with Crippen LogP contribution in [0.2, 0.25) is 0 Å². The number of carbonyl (C=O) groups excluding carboxylic acids is 1. The first-order chi connectivity index (χ1) is 10.9. The normalized spacial score (nSPS) is 10.5. The Morgan fingerprint density at radius 3 is 2.48 bits per heavy atom. The Bertz CT molecular complexity index is 722. The van der Waals surface area contributed by atoms with Crippen LogP contribution in [0.4, 0.5) is 23.2 Å². The Kier molecular flexibility index (Phi) is 5.05. The average Bonchev–Trinajstić information content (AvgIpc) is 2.50. The Hall–Kier alpha value is -2.77. The van der Waals surface area contributed by atoms with Gasteiger partial charge in [0.25, 0.3) is 5.91 Å². The van der Waals surface area contributed by atoms with E-state index in [0.29, 0.717) is 0 Å². The zero-order valence-corrected chi connectivity index (χ0v) is 11.8. The van der Waals surface area contributed by atoms with Gasteiger partial charge < -0.3 is 14.8 Å². The number of rotatable bonds is 5. The molecule has 0 spiro atoms. The highest BCUT2D eigenvalue weighted by molar-refractivity contribution is 6.06. The average molecular weight is 329 g/mol. The summed E-state index contributed by atoms with van der Waals surface area (Å²) in [6, 6.07) is 6.69. The highest BCUT2D eigenvalue weighted by Gasteiger charge is 2.20. The first-order valence-electron chi connectivity index (χ1n) is 6.30. The van der Waals surface area contributed by atoms with E-state index in [1.807, 2.05) is 0 Å². The summed E-state index contributed by atoms with van der Waals surface area (Å²) >= 11 is 0. The zero-order valence-electron chi connectivity index (χ0n) is 11.8. The van der Waals surface area contributed by atoms with E-state index in [1.54, 1.807) is 0 Å². The van der Waals surface area contributed by atoms with Crippen LogP contribution in [0, 0.1) is 11.6 Å². The predicted octanol–water partition coefficient (Wildman–Crippen LogP) is 3.83. The van der Waals surface area contributed by atoms with Crippen molar-refractivity contribution in [1.29, 1.82) is 0 Å². The molecule has 1 N–H and O–H groups in total. The van der Waals surface area contributed by atoms with Gasteiger partial charge in [-0.2, -0.15) is 8.78 Å². The van der Waals surface area contributed by atoms with Crippen molar-refractivity contribution in [2.24, 2.45) is 0 Å². The van der Waals surface area contributed by atoms with Gasteiger partial charge >= 0.3 is 6.61 Å². The van der Waals surface area contributed by atoms with Gasteiger partial charge in [-0.3, -0.25) is 4.79 Å². The number of para-hydroxylation sites is 1. The van der Waals surface area contributed by atoms with E-state index in [0.717, 1.165) is 18.2 Å². The van der Waals surface area contributed by atoms with E-state index >= 15 is 0 Å². The Labute approximate surface area is 128 Å². The van der Waals surface area contributed by atoms with Crippen LogP contribution < -0.4 is 14.8 Å². The quantitative estimate of drug-likeness (QED) is 0.848. The van der Waals surface area contributed by atoms with Gasteiger partial charge in [0.05, 0.1) is 12.7 Å². The lowest BCUT2D eigenvalue weighted by molar-refractivity contribution is -0.0515. The molecule has 0 bridgehead atoms. The minimum atomic E-state index is -3.17. The number of anilines is 1. The zero-order chi connectivity index (χ0) is 17.0. The van der Waals surface area contributed by atoms with Gasteiger partial charge in [0, 0.05) is 11.8 Å². The molecule has 0 aliphatic carbocycles. The predicted molar refractivity (Wildman–Crippen MR) is 73.9 cm³/mol. The second-order valence-electron chi connectivity index (χ2n) is 4.30. The lowest BCUT2D eigenvalue weighted by Crippen LogP contribution is -2.15. The smallest absolute Gasteiger partial charge is 0.387 e. The monoisotopic (exact) mass is 329 g/mol. The summed E-state index contributed by atoms with van der Waals surface area (Å²) in [4.78, 5) is 12.2. The maximum Gasteiger partial charge on any atom is 0.387 e. The molecule has 2 rings (SSSR count). The van der Waals surface area contributed by atoms with Gasteiger partial charge in [-0.25, -0.2) is 8.78 Å². The summed E-state index contributed by atoms with van der Waals surface area (Å²) in [7, 11) is 1.23. The number of amides is 1. The Morgan fingerprint density at radius 1 is 1.13 bits per heavy atom. The highest BCUT2D eigenvalue weighted by atomic mass is 19.3. The largest absolute Gasteiger partial charge is 0.493 e. The van der Waals surface area contributed by atoms with E-state index in [4.69, 9.17) is 4.74 Å². The van der Waals surface area contributed by atoms with Crippen molar-refractivity contribution in [1.82, 2.24) is 0 Å². The number of hydrogen-bond acceptors (Lipinski definition) is 3. The topological polar surface area (TPSA) is 47.6 Å². The molecule has 0 saturated heterocycles. The minimum absolute atomic E-state index is 0.0419. The van der Waals surface area contributed by atoms with Crippen molar-refractivity contribution in [2.75, 3.05) is 12.4 Å². The number of halogens is 4. The molecule has 4 nitrogen and oxygen atoms in total. The molecule has 1 amide bonds. The van der Waals surface area contributed by atoms with E-state index < -0.39 is 29.9 Å². The molecule has 0 aromatic heterocycles. The number of alkyl halides is 2. The molecular weight excluding hydrogens is 318 g/mol. The van der Waals surface area contributed by atoms with Gasteiger partial charge in [-0.1, -0.05) is 6.07 Å². The maximum absolute atomic E-state index is 13.1. The lowest BCUT2D eigenvalue weighted by Gasteiger charge is -2.14. The summed E-state index contributed by atoms with van der Waals surface area (Å²) in [5.41, 5.74) is -0.283. The first-order valence-corrected chi connectivity index (χ1v) is 6.30. The van der Waals surface area contributed by atoms with Gasteiger partial charge in [0.15, 0.2) is 23.1 Å². The third-order valence-corrected chi connectivity index (χ3v) is 2.83. The molecule has 0 fully saturated rings. The van der Waals surface area contributed by atoms with Crippen LogP contribution in [0.25, 0.3) is 0 Å². The van der Waals surface area contributed by atoms with E-state index in [2.05, 4.69) is 10.1 Å². The van der Waals surface area contributed by atoms with Crippen LogP contribution in [-0.2, 0) is 0 Å². The van der Waals surface area contributed by atoms with E-state index in [-0.39, 0.29) is 17.0 Å². The fourth-order valence-electron chi connectivity index (χ4n) is 1.84. The molecule has 0 atom stereocenters. The Balaban J connectivity index is 2.32. The van der Waals surface area contributed by atoms with Crippen LogP contribution >= 0.6 is 0 Å². The molecule has 122 valence electrons. The highest BCUT2D eigenvalue weighted by Crippen LogP contribution is 2.33. The number of carbonyl (C=O) groups is 1. The van der Waals surface area contributed by atoms with Crippen molar-refractivity contribution in [2.45, 2.75) is 6.61 Å². The Morgan fingerprint density at radius 2 is 1.87 bits per heavy atom. The number of benzene rings is 2. The standard InChI is InChI=1S/C15H11F4NO3/c1-22-12-4-2-3-9(13(12)23-15(18)19)14(21)20-8-5-6-10(16)11(17)7-8/h2-7,15H,1H3,(H,20,21). The van der Waals surface area contributed by atoms with Crippen molar-refractivity contribution < 1.29 is 31.8 Å². The summed E-state index contributed by atoms with van der Waals surface area (Å²) in [5, 5.41) is 2.27.